The Morgan fingerprint density at radius 1 is 1.15 bits per heavy atom. The number of benzene rings is 1. The largest absolute Gasteiger partial charge is 0.486 e. The Balaban J connectivity index is 1.69. The highest BCUT2D eigenvalue weighted by Gasteiger charge is 2.14. The molecule has 8 heteroatoms. The minimum absolute atomic E-state index is 0.205. The first-order valence-corrected chi connectivity index (χ1v) is 8.46. The third-order valence-corrected chi connectivity index (χ3v) is 3.79. The van der Waals surface area contributed by atoms with E-state index in [1.165, 1.54) is 0 Å². The van der Waals surface area contributed by atoms with E-state index < -0.39 is 12.0 Å². The molecule has 0 aliphatic rings. The van der Waals surface area contributed by atoms with Crippen molar-refractivity contribution in [1.82, 2.24) is 20.2 Å². The van der Waals surface area contributed by atoms with Gasteiger partial charge in [0.1, 0.15) is 18.0 Å². The van der Waals surface area contributed by atoms with E-state index in [4.69, 9.17) is 9.47 Å². The number of nitrogens with zero attached hydrogens (tertiary/aromatic N) is 2. The van der Waals surface area contributed by atoms with Gasteiger partial charge in [0.05, 0.1) is 17.9 Å². The number of hydrogen-bond acceptors (Lipinski definition) is 5. The second kappa shape index (κ2) is 8.22. The quantitative estimate of drug-likeness (QED) is 0.675. The molecule has 1 aromatic carbocycles. The maximum atomic E-state index is 12.3. The predicted octanol–water partition coefficient (Wildman–Crippen LogP) is 2.61. The summed E-state index contributed by atoms with van der Waals surface area (Å²) in [5.41, 5.74) is 7.41. The third-order valence-electron chi connectivity index (χ3n) is 3.79. The van der Waals surface area contributed by atoms with E-state index in [1.54, 1.807) is 31.2 Å². The lowest BCUT2D eigenvalue weighted by Gasteiger charge is -2.11. The zero-order chi connectivity index (χ0) is 19.2. The van der Waals surface area contributed by atoms with Crippen LogP contribution >= 0.6 is 0 Å². The van der Waals surface area contributed by atoms with Gasteiger partial charge in [-0.25, -0.2) is 15.2 Å². The molecular weight excluding hydrogens is 348 g/mol. The lowest BCUT2D eigenvalue weighted by atomic mass is 10.2. The summed E-state index contributed by atoms with van der Waals surface area (Å²) in [7, 11) is 0. The van der Waals surface area contributed by atoms with Gasteiger partial charge in [-0.05, 0) is 37.6 Å². The summed E-state index contributed by atoms with van der Waals surface area (Å²) in [6, 6.07) is 10.7. The van der Waals surface area contributed by atoms with Crippen LogP contribution in [-0.4, -0.2) is 28.0 Å². The van der Waals surface area contributed by atoms with Crippen molar-refractivity contribution in [3.8, 4) is 5.75 Å². The second-order valence-electron chi connectivity index (χ2n) is 5.74. The van der Waals surface area contributed by atoms with Crippen LogP contribution in [0.1, 0.15) is 28.5 Å². The van der Waals surface area contributed by atoms with E-state index >= 15 is 0 Å². The maximum Gasteiger partial charge on any atom is 0.426 e. The molecule has 0 saturated carbocycles. The van der Waals surface area contributed by atoms with Gasteiger partial charge >= 0.3 is 6.09 Å². The second-order valence-corrected chi connectivity index (χ2v) is 5.74. The Morgan fingerprint density at radius 2 is 1.96 bits per heavy atom. The number of pyridine rings is 1. The number of rotatable bonds is 5. The van der Waals surface area contributed by atoms with Crippen LogP contribution in [0.25, 0.3) is 5.65 Å². The van der Waals surface area contributed by atoms with Gasteiger partial charge < -0.3 is 13.9 Å². The SMILES string of the molecule is CCOC(=O)NNC(=O)c1ccccc1OCc1cn2cccc(C)c2n1. The number of aromatic nitrogens is 2. The van der Waals surface area contributed by atoms with Gasteiger partial charge in [0.15, 0.2) is 0 Å². The summed E-state index contributed by atoms with van der Waals surface area (Å²) in [4.78, 5) is 28.1. The number of amides is 2. The third kappa shape index (κ3) is 4.35. The van der Waals surface area contributed by atoms with Crippen LogP contribution in [0.3, 0.4) is 0 Å². The first kappa shape index (κ1) is 18.2. The van der Waals surface area contributed by atoms with Crippen LogP contribution in [-0.2, 0) is 11.3 Å². The standard InChI is InChI=1S/C19H20N4O4/c1-3-26-19(25)22-21-18(24)15-8-4-5-9-16(15)27-12-14-11-23-10-6-7-13(2)17(23)20-14/h4-11H,3,12H2,1-2H3,(H,21,24)(H,22,25). The molecule has 0 atom stereocenters. The number of fused-ring (bicyclic) bond motifs is 1. The van der Waals surface area contributed by atoms with Gasteiger partial charge in [-0.15, -0.1) is 0 Å². The normalized spacial score (nSPS) is 10.4. The van der Waals surface area contributed by atoms with Gasteiger partial charge in [-0.2, -0.15) is 0 Å². The fourth-order valence-electron chi connectivity index (χ4n) is 2.55. The first-order valence-electron chi connectivity index (χ1n) is 8.46. The number of ether oxygens (including phenoxy) is 2. The van der Waals surface area contributed by atoms with Gasteiger partial charge in [-0.1, -0.05) is 18.2 Å². The predicted molar refractivity (Wildman–Crippen MR) is 98.3 cm³/mol. The number of hydrogen-bond donors (Lipinski definition) is 2. The lowest BCUT2D eigenvalue weighted by Crippen LogP contribution is -2.42. The Labute approximate surface area is 156 Å². The summed E-state index contributed by atoms with van der Waals surface area (Å²) in [6.07, 6.45) is 3.07. The molecule has 0 fully saturated rings. The molecule has 27 heavy (non-hydrogen) atoms. The fourth-order valence-corrected chi connectivity index (χ4v) is 2.55. The zero-order valence-corrected chi connectivity index (χ0v) is 15.1. The molecule has 0 unspecified atom stereocenters. The molecule has 0 aliphatic heterocycles. The van der Waals surface area contributed by atoms with E-state index in [-0.39, 0.29) is 18.8 Å². The van der Waals surface area contributed by atoms with Crippen molar-refractivity contribution >= 4 is 17.6 Å². The van der Waals surface area contributed by atoms with Crippen LogP contribution in [0.2, 0.25) is 0 Å². The first-order chi connectivity index (χ1) is 13.1. The van der Waals surface area contributed by atoms with Gasteiger partial charge in [0, 0.05) is 12.4 Å². The number of para-hydroxylation sites is 1. The molecule has 2 N–H and O–H groups in total. The van der Waals surface area contributed by atoms with E-state index in [1.807, 2.05) is 35.9 Å². The van der Waals surface area contributed by atoms with E-state index in [0.29, 0.717) is 5.75 Å². The molecule has 0 bridgehead atoms. The zero-order valence-electron chi connectivity index (χ0n) is 15.1. The van der Waals surface area contributed by atoms with Crippen molar-refractivity contribution in [2.24, 2.45) is 0 Å². The molecule has 0 spiro atoms. The van der Waals surface area contributed by atoms with Crippen molar-refractivity contribution < 1.29 is 19.1 Å². The van der Waals surface area contributed by atoms with E-state index in [0.717, 1.165) is 16.9 Å². The highest BCUT2D eigenvalue weighted by molar-refractivity contribution is 5.97. The lowest BCUT2D eigenvalue weighted by molar-refractivity contribution is 0.0908. The van der Waals surface area contributed by atoms with Crippen LogP contribution in [0.15, 0.2) is 48.8 Å². The highest BCUT2D eigenvalue weighted by atomic mass is 16.6. The van der Waals surface area contributed by atoms with Crippen LogP contribution < -0.4 is 15.6 Å². The summed E-state index contributed by atoms with van der Waals surface area (Å²) in [5.74, 6) is -0.126. The molecule has 140 valence electrons. The van der Waals surface area contributed by atoms with Gasteiger partial charge in [0.2, 0.25) is 0 Å². The molecule has 3 rings (SSSR count). The van der Waals surface area contributed by atoms with Crippen molar-refractivity contribution in [3.63, 3.8) is 0 Å². The fraction of sp³-hybridized carbons (Fsp3) is 0.211. The highest BCUT2D eigenvalue weighted by Crippen LogP contribution is 2.19. The Morgan fingerprint density at radius 3 is 2.74 bits per heavy atom. The van der Waals surface area contributed by atoms with Crippen molar-refractivity contribution in [2.75, 3.05) is 6.61 Å². The maximum absolute atomic E-state index is 12.3. The number of aryl methyl sites for hydroxylation is 1. The molecule has 0 radical (unpaired) electrons. The van der Waals surface area contributed by atoms with Crippen molar-refractivity contribution in [1.29, 1.82) is 0 Å². The summed E-state index contributed by atoms with van der Waals surface area (Å²) in [5, 5.41) is 0. The smallest absolute Gasteiger partial charge is 0.426 e. The van der Waals surface area contributed by atoms with Crippen LogP contribution in [0, 0.1) is 6.92 Å². The molecule has 0 aliphatic carbocycles. The van der Waals surface area contributed by atoms with E-state index in [9.17, 15) is 9.59 Å². The Bertz CT molecular complexity index is 967. The van der Waals surface area contributed by atoms with Crippen LogP contribution in [0.4, 0.5) is 4.79 Å². The topological polar surface area (TPSA) is 94.0 Å². The van der Waals surface area contributed by atoms with Crippen molar-refractivity contribution in [3.05, 3.63) is 65.6 Å². The van der Waals surface area contributed by atoms with Gasteiger partial charge in [0.25, 0.3) is 5.91 Å². The molecule has 0 saturated heterocycles. The molecule has 2 amide bonds. The molecule has 2 aromatic heterocycles. The number of carbonyl (C=O) groups excluding carboxylic acids is 2. The molecule has 3 aromatic rings. The van der Waals surface area contributed by atoms with E-state index in [2.05, 4.69) is 15.8 Å². The molecule has 8 nitrogen and oxygen atoms in total. The van der Waals surface area contributed by atoms with Crippen LogP contribution in [0.5, 0.6) is 5.75 Å². The number of hydrazine groups is 1. The molecule has 2 heterocycles. The summed E-state index contributed by atoms with van der Waals surface area (Å²) >= 11 is 0. The van der Waals surface area contributed by atoms with Gasteiger partial charge in [-0.3, -0.25) is 10.2 Å². The number of imidazole rings is 1. The Kier molecular flexibility index (Phi) is 5.55. The Hall–Kier alpha value is -3.55. The minimum Gasteiger partial charge on any atom is -0.486 e. The monoisotopic (exact) mass is 368 g/mol. The minimum atomic E-state index is -0.732. The average Bonchev–Trinajstić information content (AvgIpc) is 3.09. The number of carbonyl (C=O) groups is 2. The molecular formula is C19H20N4O4. The summed E-state index contributed by atoms with van der Waals surface area (Å²) in [6.45, 7) is 4.07. The summed E-state index contributed by atoms with van der Waals surface area (Å²) < 4.78 is 12.4. The van der Waals surface area contributed by atoms with Crippen molar-refractivity contribution in [2.45, 2.75) is 20.5 Å². The average molecular weight is 368 g/mol. The number of nitrogens with one attached hydrogen (secondary N) is 2.